The number of ketones is 2. The highest BCUT2D eigenvalue weighted by Crippen LogP contribution is 2.31. The van der Waals surface area contributed by atoms with Crippen LogP contribution in [0.3, 0.4) is 0 Å². The third kappa shape index (κ3) is 8.13. The molecule has 2 aromatic carbocycles. The normalized spacial score (nSPS) is 13.7. The van der Waals surface area contributed by atoms with Crippen LogP contribution in [0.5, 0.6) is 0 Å². The zero-order chi connectivity index (χ0) is 38.0. The van der Waals surface area contributed by atoms with Crippen molar-refractivity contribution in [3.05, 3.63) is 127 Å². The van der Waals surface area contributed by atoms with Crippen LogP contribution in [-0.2, 0) is 0 Å². The molecule has 0 radical (unpaired) electrons. The Morgan fingerprint density at radius 3 is 1.57 bits per heavy atom. The van der Waals surface area contributed by atoms with Gasteiger partial charge >= 0.3 is 5.97 Å². The van der Waals surface area contributed by atoms with Gasteiger partial charge in [0.2, 0.25) is 0 Å². The molecular formula is C37H29Br2F2N5O7. The van der Waals surface area contributed by atoms with E-state index in [1.165, 1.54) is 29.4 Å². The monoisotopic (exact) mass is 851 g/mol. The van der Waals surface area contributed by atoms with E-state index in [1.54, 1.807) is 13.8 Å². The van der Waals surface area contributed by atoms with Crippen LogP contribution in [0.4, 0.5) is 8.78 Å². The van der Waals surface area contributed by atoms with Crippen molar-refractivity contribution in [3.63, 3.8) is 0 Å². The van der Waals surface area contributed by atoms with E-state index >= 15 is 0 Å². The third-order valence-corrected chi connectivity index (χ3v) is 9.61. The van der Waals surface area contributed by atoms with Crippen molar-refractivity contribution in [2.45, 2.75) is 32.6 Å². The summed E-state index contributed by atoms with van der Waals surface area (Å²) in [7, 11) is 0. The lowest BCUT2D eigenvalue weighted by Crippen LogP contribution is -2.42. The van der Waals surface area contributed by atoms with Gasteiger partial charge in [-0.1, -0.05) is 66.4 Å². The number of carboxylic acid groups (broad SMARTS) is 1. The van der Waals surface area contributed by atoms with Crippen molar-refractivity contribution in [1.82, 2.24) is 25.2 Å². The predicted molar refractivity (Wildman–Crippen MR) is 194 cm³/mol. The van der Waals surface area contributed by atoms with E-state index in [0.717, 1.165) is 20.1 Å². The van der Waals surface area contributed by atoms with Crippen molar-refractivity contribution in [2.24, 2.45) is 0 Å². The molecule has 53 heavy (non-hydrogen) atoms. The quantitative estimate of drug-likeness (QED) is 0.127. The van der Waals surface area contributed by atoms with Gasteiger partial charge in [0, 0.05) is 69.5 Å². The SMILES string of the molecule is Cc1onc(-c2ccc(Br)cc2)c1C(=O)c1c[nH]c(C(=O)N2CCC(F)(F)CC2)c1.Cc1onc(-c2ccc(Br)cc2)c1C(=O)c1c[nH]c(C(=O)O)c1. The van der Waals surface area contributed by atoms with Crippen molar-refractivity contribution < 1.29 is 42.1 Å². The number of H-pyrrole nitrogens is 2. The molecule has 0 saturated carbocycles. The lowest BCUT2D eigenvalue weighted by atomic mass is 9.99. The summed E-state index contributed by atoms with van der Waals surface area (Å²) in [4.78, 5) is 56.1. The van der Waals surface area contributed by atoms with Crippen LogP contribution in [-0.4, -0.2) is 72.7 Å². The maximum atomic E-state index is 13.3. The Hall–Kier alpha value is -5.48. The van der Waals surface area contributed by atoms with Crippen LogP contribution in [0.15, 0.2) is 91.0 Å². The number of carbonyl (C=O) groups is 4. The summed E-state index contributed by atoms with van der Waals surface area (Å²) in [5.74, 6) is -4.20. The number of nitrogens with zero attached hydrogens (tertiary/aromatic N) is 3. The standard InChI is InChI=1S/C21H18BrF2N3O3.C16H11BrN2O4/c1-12-17(18(26-30-12)13-2-4-15(22)5-3-13)19(28)14-10-16(25-11-14)20(29)27-8-6-21(23,24)7-9-27;1-8-13(15(20)10-6-12(16(21)22)18-7-10)14(19-23-8)9-2-4-11(17)5-3-9/h2-5,10-11,25H,6-9H2,1H3;2-7,18H,1H3,(H,21,22). The number of benzene rings is 2. The van der Waals surface area contributed by atoms with E-state index in [2.05, 4.69) is 52.1 Å². The number of aromatic amines is 2. The number of hydrogen-bond acceptors (Lipinski definition) is 8. The number of alkyl halides is 2. The number of halogens is 4. The average molecular weight is 853 g/mol. The summed E-state index contributed by atoms with van der Waals surface area (Å²) in [5.41, 5.74) is 3.58. The van der Waals surface area contributed by atoms with E-state index in [0.29, 0.717) is 34.0 Å². The maximum Gasteiger partial charge on any atom is 0.352 e. The number of aromatic carboxylic acids is 1. The molecule has 7 rings (SSSR count). The Kier molecular flexibility index (Phi) is 10.7. The van der Waals surface area contributed by atoms with Crippen LogP contribution in [0.25, 0.3) is 22.5 Å². The second-order valence-corrected chi connectivity index (χ2v) is 14.0. The van der Waals surface area contributed by atoms with Crippen LogP contribution in [0.1, 0.15) is 77.2 Å². The molecule has 0 aliphatic carbocycles. The minimum absolute atomic E-state index is 0.0212. The van der Waals surface area contributed by atoms with Crippen LogP contribution >= 0.6 is 31.9 Å². The molecule has 1 aliphatic rings. The number of amides is 1. The highest BCUT2D eigenvalue weighted by molar-refractivity contribution is 9.10. The Morgan fingerprint density at radius 2 is 1.15 bits per heavy atom. The Bertz CT molecular complexity index is 2310. The van der Waals surface area contributed by atoms with E-state index in [-0.39, 0.29) is 60.0 Å². The number of carbonyl (C=O) groups excluding carboxylic acids is 3. The number of rotatable bonds is 8. The van der Waals surface area contributed by atoms with Gasteiger partial charge in [-0.05, 0) is 50.2 Å². The van der Waals surface area contributed by atoms with Crippen molar-refractivity contribution >= 4 is 55.3 Å². The van der Waals surface area contributed by atoms with Gasteiger partial charge in [0.1, 0.15) is 34.3 Å². The Balaban J connectivity index is 0.000000188. The topological polar surface area (TPSA) is 175 Å². The third-order valence-electron chi connectivity index (χ3n) is 8.55. The second kappa shape index (κ2) is 15.2. The van der Waals surface area contributed by atoms with Gasteiger partial charge in [-0.2, -0.15) is 0 Å². The summed E-state index contributed by atoms with van der Waals surface area (Å²) >= 11 is 6.72. The average Bonchev–Trinajstić information content (AvgIpc) is 3.96. The number of carboxylic acids is 1. The summed E-state index contributed by atoms with van der Waals surface area (Å²) in [6, 6.07) is 17.4. The maximum absolute atomic E-state index is 13.3. The van der Waals surface area contributed by atoms with Crippen molar-refractivity contribution in [1.29, 1.82) is 0 Å². The molecule has 0 spiro atoms. The Labute approximate surface area is 316 Å². The number of aromatic nitrogens is 4. The summed E-state index contributed by atoms with van der Waals surface area (Å²) in [5, 5.41) is 16.9. The smallest absolute Gasteiger partial charge is 0.352 e. The molecule has 12 nitrogen and oxygen atoms in total. The molecule has 5 heterocycles. The first kappa shape index (κ1) is 37.3. The fraction of sp³-hybridized carbons (Fsp3) is 0.189. The molecule has 1 aliphatic heterocycles. The fourth-order valence-corrected chi connectivity index (χ4v) is 6.21. The van der Waals surface area contributed by atoms with E-state index in [1.807, 2.05) is 48.5 Å². The number of hydrogen-bond donors (Lipinski definition) is 3. The highest BCUT2D eigenvalue weighted by Gasteiger charge is 2.36. The molecule has 3 N–H and O–H groups in total. The minimum atomic E-state index is -2.73. The first-order chi connectivity index (χ1) is 25.2. The van der Waals surface area contributed by atoms with Gasteiger partial charge in [-0.15, -0.1) is 0 Å². The van der Waals surface area contributed by atoms with Gasteiger partial charge in [-0.25, -0.2) is 13.6 Å². The molecule has 0 bridgehead atoms. The van der Waals surface area contributed by atoms with E-state index in [4.69, 9.17) is 14.2 Å². The first-order valence-electron chi connectivity index (χ1n) is 16.0. The number of aryl methyl sites for hydroxylation is 2. The molecule has 4 aromatic heterocycles. The van der Waals surface area contributed by atoms with Crippen molar-refractivity contribution in [2.75, 3.05) is 13.1 Å². The summed E-state index contributed by atoms with van der Waals surface area (Å²) in [6.45, 7) is 3.25. The molecule has 0 atom stereocenters. The molecule has 0 unspecified atom stereocenters. The molecule has 1 saturated heterocycles. The molecule has 272 valence electrons. The van der Waals surface area contributed by atoms with Gasteiger partial charge in [-0.3, -0.25) is 14.4 Å². The largest absolute Gasteiger partial charge is 0.477 e. The molecule has 1 amide bonds. The summed E-state index contributed by atoms with van der Waals surface area (Å²) in [6.07, 6.45) is 2.08. The molecule has 6 aromatic rings. The zero-order valence-corrected chi connectivity index (χ0v) is 31.2. The molecule has 1 fully saturated rings. The zero-order valence-electron chi connectivity index (χ0n) is 28.0. The van der Waals surface area contributed by atoms with Gasteiger partial charge in [0.15, 0.2) is 11.6 Å². The fourth-order valence-electron chi connectivity index (χ4n) is 5.68. The second-order valence-electron chi connectivity index (χ2n) is 12.2. The van der Waals surface area contributed by atoms with Crippen LogP contribution in [0.2, 0.25) is 0 Å². The number of likely N-dealkylation sites (tertiary alicyclic amines) is 1. The number of piperidine rings is 1. The summed E-state index contributed by atoms with van der Waals surface area (Å²) < 4.78 is 38.9. The first-order valence-corrected chi connectivity index (χ1v) is 17.6. The van der Waals surface area contributed by atoms with Crippen LogP contribution in [0, 0.1) is 13.8 Å². The van der Waals surface area contributed by atoms with Gasteiger partial charge in [0.25, 0.3) is 11.8 Å². The minimum Gasteiger partial charge on any atom is -0.477 e. The Morgan fingerprint density at radius 1 is 0.736 bits per heavy atom. The van der Waals surface area contributed by atoms with Gasteiger partial charge in [0.05, 0.1) is 11.1 Å². The lowest BCUT2D eigenvalue weighted by molar-refractivity contribution is -0.0495. The number of nitrogens with one attached hydrogen (secondary N) is 2. The van der Waals surface area contributed by atoms with E-state index < -0.39 is 17.8 Å². The highest BCUT2D eigenvalue weighted by atomic mass is 79.9. The molecule has 16 heteroatoms. The lowest BCUT2D eigenvalue weighted by Gasteiger charge is -2.31. The van der Waals surface area contributed by atoms with Crippen molar-refractivity contribution in [3.8, 4) is 22.5 Å². The van der Waals surface area contributed by atoms with E-state index in [9.17, 15) is 28.0 Å². The van der Waals surface area contributed by atoms with Crippen LogP contribution < -0.4 is 0 Å². The molecular weight excluding hydrogens is 824 g/mol. The van der Waals surface area contributed by atoms with Gasteiger partial charge < -0.3 is 29.0 Å². The predicted octanol–water partition coefficient (Wildman–Crippen LogP) is 8.51.